The molecule has 100 valence electrons. The molecule has 6 heteroatoms. The van der Waals surface area contributed by atoms with Crippen LogP contribution in [-0.2, 0) is 17.8 Å². The Morgan fingerprint density at radius 1 is 1.44 bits per heavy atom. The van der Waals surface area contributed by atoms with Gasteiger partial charge in [-0.25, -0.2) is 4.79 Å². The van der Waals surface area contributed by atoms with Gasteiger partial charge < -0.3 is 5.11 Å². The molecule has 1 heterocycles. The number of hydrogen-bond donors (Lipinski definition) is 1. The lowest BCUT2D eigenvalue weighted by Gasteiger charge is -2.14. The number of carboxylic acid groups (broad SMARTS) is 1. The van der Waals surface area contributed by atoms with Crippen molar-refractivity contribution < 1.29 is 9.90 Å². The number of nitrogens with zero attached hydrogens (tertiary/aromatic N) is 2. The molecule has 1 aromatic rings. The molecule has 5 nitrogen and oxygen atoms in total. The molecule has 0 aliphatic rings. The molecule has 18 heavy (non-hydrogen) atoms. The number of carboxylic acids is 1. The van der Waals surface area contributed by atoms with Crippen molar-refractivity contribution in [3.05, 3.63) is 27.4 Å². The van der Waals surface area contributed by atoms with Gasteiger partial charge in [0.05, 0.1) is 0 Å². The highest BCUT2D eigenvalue weighted by Crippen LogP contribution is 2.12. The number of hydrogen-bond acceptors (Lipinski definition) is 4. The zero-order valence-corrected chi connectivity index (χ0v) is 11.7. The molecule has 0 aliphatic carbocycles. The minimum Gasteiger partial charge on any atom is -0.481 e. The van der Waals surface area contributed by atoms with Crippen LogP contribution < -0.4 is 5.69 Å². The van der Waals surface area contributed by atoms with Gasteiger partial charge in [0.25, 0.3) is 0 Å². The van der Waals surface area contributed by atoms with E-state index in [1.54, 1.807) is 23.3 Å². The first kappa shape index (κ1) is 14.8. The van der Waals surface area contributed by atoms with Gasteiger partial charge in [-0.15, -0.1) is 0 Å². The fourth-order valence-corrected chi connectivity index (χ4v) is 2.24. The minimum absolute atomic E-state index is 0.0596. The summed E-state index contributed by atoms with van der Waals surface area (Å²) in [5.41, 5.74) is 2.10. The molecule has 0 radical (unpaired) electrons. The fraction of sp³-hybridized carbons (Fsp3) is 0.583. The molecular formula is C12H18N2O3S. The van der Waals surface area contributed by atoms with Gasteiger partial charge in [-0.3, -0.25) is 9.36 Å². The summed E-state index contributed by atoms with van der Waals surface area (Å²) in [6.07, 6.45) is 2.46. The van der Waals surface area contributed by atoms with Crippen molar-refractivity contribution >= 4 is 17.7 Å². The van der Waals surface area contributed by atoms with Crippen molar-refractivity contribution in [2.75, 3.05) is 12.0 Å². The Labute approximate surface area is 110 Å². The second kappa shape index (κ2) is 6.58. The molecule has 0 atom stereocenters. The van der Waals surface area contributed by atoms with Crippen LogP contribution >= 0.6 is 11.8 Å². The van der Waals surface area contributed by atoms with Crippen LogP contribution in [0.5, 0.6) is 0 Å². The van der Waals surface area contributed by atoms with Gasteiger partial charge in [-0.1, -0.05) is 0 Å². The van der Waals surface area contributed by atoms with E-state index in [1.165, 1.54) is 0 Å². The minimum atomic E-state index is -0.837. The zero-order chi connectivity index (χ0) is 13.7. The first-order valence-electron chi connectivity index (χ1n) is 5.75. The summed E-state index contributed by atoms with van der Waals surface area (Å²) in [7, 11) is 0. The fourth-order valence-electron chi connectivity index (χ4n) is 1.88. The lowest BCUT2D eigenvalue weighted by atomic mass is 10.1. The quantitative estimate of drug-likeness (QED) is 0.842. The van der Waals surface area contributed by atoms with Crippen molar-refractivity contribution in [2.45, 2.75) is 33.2 Å². The van der Waals surface area contributed by atoms with E-state index < -0.39 is 5.97 Å². The second-order valence-electron chi connectivity index (χ2n) is 4.08. The number of aliphatic carboxylic acids is 1. The third-order valence-corrected chi connectivity index (χ3v) is 3.47. The summed E-state index contributed by atoms with van der Waals surface area (Å²) in [6.45, 7) is 4.22. The number of aromatic nitrogens is 2. The predicted molar refractivity (Wildman–Crippen MR) is 72.3 cm³/mol. The van der Waals surface area contributed by atoms with Crippen LogP contribution in [-0.4, -0.2) is 32.6 Å². The molecule has 0 saturated carbocycles. The summed E-state index contributed by atoms with van der Waals surface area (Å²) >= 11 is 1.66. The molecule has 0 aliphatic heterocycles. The Morgan fingerprint density at radius 3 is 2.67 bits per heavy atom. The molecule has 0 unspecified atom stereocenters. The zero-order valence-electron chi connectivity index (χ0n) is 10.9. The summed E-state index contributed by atoms with van der Waals surface area (Å²) in [5.74, 6) is -0.000187. The van der Waals surface area contributed by atoms with E-state index in [0.29, 0.717) is 18.7 Å². The first-order valence-corrected chi connectivity index (χ1v) is 7.14. The third kappa shape index (κ3) is 3.60. The van der Waals surface area contributed by atoms with Crippen molar-refractivity contribution in [3.8, 4) is 0 Å². The van der Waals surface area contributed by atoms with Crippen LogP contribution in [0.1, 0.15) is 23.4 Å². The summed E-state index contributed by atoms with van der Waals surface area (Å²) < 4.78 is 1.63. The predicted octanol–water partition coefficient (Wildman–Crippen LogP) is 1.24. The number of rotatable bonds is 6. The summed E-state index contributed by atoms with van der Waals surface area (Å²) in [5, 5.41) is 8.73. The molecule has 1 N–H and O–H groups in total. The standard InChI is InChI=1S/C12H18N2O3S/c1-8-10(4-5-11(15)16)9(2)14(6-7-18-3)12(17)13-8/h4-7H2,1-3H3,(H,15,16). The Hall–Kier alpha value is -1.30. The van der Waals surface area contributed by atoms with Gasteiger partial charge in [-0.05, 0) is 32.1 Å². The van der Waals surface area contributed by atoms with E-state index in [2.05, 4.69) is 4.98 Å². The van der Waals surface area contributed by atoms with Crippen LogP contribution in [0, 0.1) is 13.8 Å². The monoisotopic (exact) mass is 270 g/mol. The second-order valence-corrected chi connectivity index (χ2v) is 5.07. The number of carbonyl (C=O) groups is 1. The normalized spacial score (nSPS) is 10.6. The van der Waals surface area contributed by atoms with E-state index in [0.717, 1.165) is 17.0 Å². The smallest absolute Gasteiger partial charge is 0.348 e. The van der Waals surface area contributed by atoms with Gasteiger partial charge >= 0.3 is 11.7 Å². The molecular weight excluding hydrogens is 252 g/mol. The number of aryl methyl sites for hydroxylation is 1. The maximum Gasteiger partial charge on any atom is 0.348 e. The average molecular weight is 270 g/mol. The first-order chi connectivity index (χ1) is 8.47. The van der Waals surface area contributed by atoms with E-state index in [9.17, 15) is 9.59 Å². The van der Waals surface area contributed by atoms with Crippen molar-refractivity contribution in [1.82, 2.24) is 9.55 Å². The third-order valence-electron chi connectivity index (χ3n) is 2.88. The Balaban J connectivity index is 3.09. The van der Waals surface area contributed by atoms with Gasteiger partial charge in [-0.2, -0.15) is 16.7 Å². The maximum atomic E-state index is 11.8. The topological polar surface area (TPSA) is 72.2 Å². The van der Waals surface area contributed by atoms with E-state index >= 15 is 0 Å². The van der Waals surface area contributed by atoms with E-state index in [1.807, 2.05) is 13.2 Å². The molecule has 1 aromatic heterocycles. The van der Waals surface area contributed by atoms with Crippen LogP contribution in [0.15, 0.2) is 4.79 Å². The molecule has 0 spiro atoms. The Morgan fingerprint density at radius 2 is 2.11 bits per heavy atom. The highest BCUT2D eigenvalue weighted by Gasteiger charge is 2.12. The van der Waals surface area contributed by atoms with Crippen molar-refractivity contribution in [1.29, 1.82) is 0 Å². The van der Waals surface area contributed by atoms with Crippen molar-refractivity contribution in [3.63, 3.8) is 0 Å². The lowest BCUT2D eigenvalue weighted by Crippen LogP contribution is -2.28. The molecule has 0 bridgehead atoms. The van der Waals surface area contributed by atoms with Crippen LogP contribution in [0.25, 0.3) is 0 Å². The SMILES string of the molecule is CSCCn1c(C)c(CCC(=O)O)c(C)nc1=O. The van der Waals surface area contributed by atoms with Crippen LogP contribution in [0.4, 0.5) is 0 Å². The van der Waals surface area contributed by atoms with Gasteiger partial charge in [0.1, 0.15) is 0 Å². The maximum absolute atomic E-state index is 11.8. The van der Waals surface area contributed by atoms with Gasteiger partial charge in [0.15, 0.2) is 0 Å². The summed E-state index contributed by atoms with van der Waals surface area (Å²) in [6, 6.07) is 0. The van der Waals surface area contributed by atoms with E-state index in [4.69, 9.17) is 5.11 Å². The summed E-state index contributed by atoms with van der Waals surface area (Å²) in [4.78, 5) is 26.4. The number of thioether (sulfide) groups is 1. The highest BCUT2D eigenvalue weighted by atomic mass is 32.2. The van der Waals surface area contributed by atoms with Crippen LogP contribution in [0.2, 0.25) is 0 Å². The Kier molecular flexibility index (Phi) is 5.40. The largest absolute Gasteiger partial charge is 0.481 e. The molecule has 1 rings (SSSR count). The molecule has 0 amide bonds. The molecule has 0 aromatic carbocycles. The highest BCUT2D eigenvalue weighted by molar-refractivity contribution is 7.98. The average Bonchev–Trinajstić information content (AvgIpc) is 2.27. The Bertz CT molecular complexity index is 497. The lowest BCUT2D eigenvalue weighted by molar-refractivity contribution is -0.136. The van der Waals surface area contributed by atoms with Gasteiger partial charge in [0, 0.05) is 30.1 Å². The van der Waals surface area contributed by atoms with Gasteiger partial charge in [0.2, 0.25) is 0 Å². The van der Waals surface area contributed by atoms with Crippen LogP contribution in [0.3, 0.4) is 0 Å². The molecule has 0 fully saturated rings. The molecule has 0 saturated heterocycles. The van der Waals surface area contributed by atoms with E-state index in [-0.39, 0.29) is 12.1 Å². The van der Waals surface area contributed by atoms with Crippen molar-refractivity contribution in [2.24, 2.45) is 0 Å².